The maximum absolute atomic E-state index is 12.2. The van der Waals surface area contributed by atoms with Crippen molar-refractivity contribution in [3.05, 3.63) is 18.0 Å². The lowest BCUT2D eigenvalue weighted by Gasteiger charge is -2.16. The van der Waals surface area contributed by atoms with Crippen LogP contribution in [0, 0.1) is 24.2 Å². The molecule has 4 rings (SSSR count). The number of nitrogens with zero attached hydrogens (tertiary/aromatic N) is 3. The maximum Gasteiger partial charge on any atom is 0.225 e. The van der Waals surface area contributed by atoms with Crippen molar-refractivity contribution in [1.29, 1.82) is 0 Å². The molecule has 5 heteroatoms. The van der Waals surface area contributed by atoms with E-state index in [4.69, 9.17) is 0 Å². The number of anilines is 1. The van der Waals surface area contributed by atoms with Gasteiger partial charge in [-0.05, 0) is 44.1 Å². The predicted octanol–water partition coefficient (Wildman–Crippen LogP) is 1.53. The number of carbonyl (C=O) groups is 1. The summed E-state index contributed by atoms with van der Waals surface area (Å²) >= 11 is 0. The van der Waals surface area contributed by atoms with Crippen molar-refractivity contribution in [3.8, 4) is 0 Å². The zero-order valence-corrected chi connectivity index (χ0v) is 12.5. The topological polar surface area (TPSA) is 58.1 Å². The summed E-state index contributed by atoms with van der Waals surface area (Å²) < 4.78 is 0. The quantitative estimate of drug-likeness (QED) is 0.912. The normalized spacial score (nSPS) is 30.7. The van der Waals surface area contributed by atoms with Crippen LogP contribution in [0.2, 0.25) is 0 Å². The Bertz CT molecular complexity index is 554. The van der Waals surface area contributed by atoms with Gasteiger partial charge < -0.3 is 10.2 Å². The molecule has 1 saturated heterocycles. The van der Waals surface area contributed by atoms with E-state index in [-0.39, 0.29) is 17.2 Å². The minimum atomic E-state index is 0.196. The fourth-order valence-electron chi connectivity index (χ4n) is 3.48. The Morgan fingerprint density at radius 2 is 2.19 bits per heavy atom. The zero-order chi connectivity index (χ0) is 14.4. The average Bonchev–Trinajstić information content (AvgIpc) is 3.36. The van der Waals surface area contributed by atoms with Gasteiger partial charge in [-0.2, -0.15) is 0 Å². The van der Waals surface area contributed by atoms with Crippen molar-refractivity contribution < 1.29 is 4.79 Å². The molecule has 1 aliphatic heterocycles. The minimum Gasteiger partial charge on any atom is -0.356 e. The highest BCUT2D eigenvalue weighted by atomic mass is 16.2. The van der Waals surface area contributed by atoms with Crippen molar-refractivity contribution in [2.24, 2.45) is 17.3 Å². The molecule has 21 heavy (non-hydrogen) atoms. The van der Waals surface area contributed by atoms with Crippen molar-refractivity contribution in [2.45, 2.75) is 32.6 Å². The third-order valence-electron chi connectivity index (χ3n) is 5.20. The second-order valence-corrected chi connectivity index (χ2v) is 7.04. The van der Waals surface area contributed by atoms with E-state index in [2.05, 4.69) is 20.2 Å². The predicted molar refractivity (Wildman–Crippen MR) is 79.9 cm³/mol. The molecule has 2 saturated carbocycles. The molecule has 0 unspecified atom stereocenters. The summed E-state index contributed by atoms with van der Waals surface area (Å²) in [6.07, 6.45) is 8.42. The third-order valence-corrected chi connectivity index (χ3v) is 5.20. The SMILES string of the molecule is Cc1cnc(N2CC[C@@]3(C[C@H]3C(=O)NCC3CC3)C2)nc1. The molecule has 5 nitrogen and oxygen atoms in total. The third kappa shape index (κ3) is 2.49. The Morgan fingerprint density at radius 1 is 1.43 bits per heavy atom. The lowest BCUT2D eigenvalue weighted by Crippen LogP contribution is -2.30. The van der Waals surface area contributed by atoms with Crippen molar-refractivity contribution in [3.63, 3.8) is 0 Å². The highest BCUT2D eigenvalue weighted by Gasteiger charge is 2.61. The molecular weight excluding hydrogens is 264 g/mol. The molecular formula is C16H22N4O. The van der Waals surface area contributed by atoms with Crippen LogP contribution >= 0.6 is 0 Å². The molecule has 1 aromatic heterocycles. The molecule has 1 spiro atoms. The van der Waals surface area contributed by atoms with E-state index in [0.29, 0.717) is 0 Å². The summed E-state index contributed by atoms with van der Waals surface area (Å²) in [7, 11) is 0. The standard InChI is InChI=1S/C16H22N4O/c1-11-7-18-15(19-8-11)20-5-4-16(10-20)6-13(16)14(21)17-9-12-2-3-12/h7-8,12-13H,2-6,9-10H2,1H3,(H,17,21)/t13-,16+/m0/s1. The summed E-state index contributed by atoms with van der Waals surface area (Å²) in [6, 6.07) is 0. The van der Waals surface area contributed by atoms with Gasteiger partial charge in [-0.25, -0.2) is 9.97 Å². The summed E-state index contributed by atoms with van der Waals surface area (Å²) in [4.78, 5) is 23.3. The zero-order valence-electron chi connectivity index (χ0n) is 12.5. The van der Waals surface area contributed by atoms with Gasteiger partial charge >= 0.3 is 0 Å². The van der Waals surface area contributed by atoms with E-state index in [9.17, 15) is 4.79 Å². The smallest absolute Gasteiger partial charge is 0.225 e. The Balaban J connectivity index is 1.35. The Labute approximate surface area is 125 Å². The monoisotopic (exact) mass is 286 g/mol. The van der Waals surface area contributed by atoms with Crippen LogP contribution in [0.3, 0.4) is 0 Å². The summed E-state index contributed by atoms with van der Waals surface area (Å²) in [5, 5.41) is 3.13. The molecule has 3 aliphatic rings. The maximum atomic E-state index is 12.2. The summed E-state index contributed by atoms with van der Waals surface area (Å²) in [6.45, 7) is 4.78. The van der Waals surface area contributed by atoms with Crippen LogP contribution in [0.1, 0.15) is 31.2 Å². The molecule has 2 aliphatic carbocycles. The minimum absolute atomic E-state index is 0.196. The Kier molecular flexibility index (Phi) is 2.91. The van der Waals surface area contributed by atoms with Crippen molar-refractivity contribution in [2.75, 3.05) is 24.5 Å². The second kappa shape index (κ2) is 4.68. The van der Waals surface area contributed by atoms with Gasteiger partial charge in [-0.15, -0.1) is 0 Å². The molecule has 1 aromatic rings. The molecule has 2 heterocycles. The molecule has 2 atom stereocenters. The van der Waals surface area contributed by atoms with Crippen LogP contribution in [-0.4, -0.2) is 35.5 Å². The largest absolute Gasteiger partial charge is 0.356 e. The van der Waals surface area contributed by atoms with Gasteiger partial charge in [0.05, 0.1) is 0 Å². The lowest BCUT2D eigenvalue weighted by molar-refractivity contribution is -0.123. The number of aryl methyl sites for hydroxylation is 1. The van der Waals surface area contributed by atoms with Crippen LogP contribution < -0.4 is 10.2 Å². The second-order valence-electron chi connectivity index (χ2n) is 7.04. The first-order valence-electron chi connectivity index (χ1n) is 7.98. The van der Waals surface area contributed by atoms with E-state index in [0.717, 1.165) is 49.9 Å². The fourth-order valence-corrected chi connectivity index (χ4v) is 3.48. The van der Waals surface area contributed by atoms with Crippen molar-refractivity contribution in [1.82, 2.24) is 15.3 Å². The number of rotatable bonds is 4. The van der Waals surface area contributed by atoms with Gasteiger partial charge in [0.1, 0.15) is 0 Å². The summed E-state index contributed by atoms with van der Waals surface area (Å²) in [5.41, 5.74) is 1.28. The molecule has 1 amide bonds. The highest BCUT2D eigenvalue weighted by molar-refractivity contribution is 5.83. The van der Waals surface area contributed by atoms with E-state index in [1.54, 1.807) is 0 Å². The number of aromatic nitrogens is 2. The highest BCUT2D eigenvalue weighted by Crippen LogP contribution is 2.58. The first kappa shape index (κ1) is 13.0. The van der Waals surface area contributed by atoms with Gasteiger partial charge in [0.2, 0.25) is 11.9 Å². The van der Waals surface area contributed by atoms with E-state index in [1.807, 2.05) is 19.3 Å². The fraction of sp³-hybridized carbons (Fsp3) is 0.688. The number of hydrogen-bond acceptors (Lipinski definition) is 4. The Morgan fingerprint density at radius 3 is 2.90 bits per heavy atom. The van der Waals surface area contributed by atoms with Crippen LogP contribution in [0.15, 0.2) is 12.4 Å². The molecule has 0 radical (unpaired) electrons. The molecule has 0 aromatic carbocycles. The lowest BCUT2D eigenvalue weighted by atomic mass is 10.0. The van der Waals surface area contributed by atoms with Gasteiger partial charge in [-0.3, -0.25) is 4.79 Å². The average molecular weight is 286 g/mol. The van der Waals surface area contributed by atoms with Crippen LogP contribution in [0.4, 0.5) is 5.95 Å². The van der Waals surface area contributed by atoms with E-state index < -0.39 is 0 Å². The molecule has 3 fully saturated rings. The van der Waals surface area contributed by atoms with Gasteiger partial charge in [-0.1, -0.05) is 0 Å². The van der Waals surface area contributed by atoms with Crippen LogP contribution in [0.25, 0.3) is 0 Å². The van der Waals surface area contributed by atoms with Gasteiger partial charge in [0.15, 0.2) is 0 Å². The number of amides is 1. The number of hydrogen-bond donors (Lipinski definition) is 1. The molecule has 0 bridgehead atoms. The number of carbonyl (C=O) groups excluding carboxylic acids is 1. The Hall–Kier alpha value is -1.65. The van der Waals surface area contributed by atoms with E-state index >= 15 is 0 Å². The van der Waals surface area contributed by atoms with Gasteiger partial charge in [0, 0.05) is 43.4 Å². The summed E-state index contributed by atoms with van der Waals surface area (Å²) in [5.74, 6) is 2.05. The first-order chi connectivity index (χ1) is 10.2. The van der Waals surface area contributed by atoms with Crippen molar-refractivity contribution >= 4 is 11.9 Å². The van der Waals surface area contributed by atoms with E-state index in [1.165, 1.54) is 12.8 Å². The molecule has 112 valence electrons. The number of nitrogens with one attached hydrogen (secondary N) is 1. The van der Waals surface area contributed by atoms with Crippen LogP contribution in [0.5, 0.6) is 0 Å². The molecule has 1 N–H and O–H groups in total. The van der Waals surface area contributed by atoms with Gasteiger partial charge in [0.25, 0.3) is 0 Å². The first-order valence-corrected chi connectivity index (χ1v) is 7.98. The van der Waals surface area contributed by atoms with Crippen LogP contribution in [-0.2, 0) is 4.79 Å².